The molecule has 0 aliphatic heterocycles. The van der Waals surface area contributed by atoms with Crippen LogP contribution in [-0.2, 0) is 0 Å². The van der Waals surface area contributed by atoms with Gasteiger partial charge in [0.15, 0.2) is 0 Å². The van der Waals surface area contributed by atoms with Crippen molar-refractivity contribution in [2.24, 2.45) is 0 Å². The number of hydrogen-bond acceptors (Lipinski definition) is 2. The molecule has 2 aromatic rings. The van der Waals surface area contributed by atoms with Gasteiger partial charge in [0, 0.05) is 10.6 Å². The molecule has 0 atom stereocenters. The van der Waals surface area contributed by atoms with Gasteiger partial charge in [0.25, 0.3) is 5.91 Å². The second kappa shape index (κ2) is 6.35. The Hall–Kier alpha value is -1.42. The van der Waals surface area contributed by atoms with Crippen molar-refractivity contribution in [2.75, 3.05) is 12.4 Å². The van der Waals surface area contributed by atoms with Crippen molar-refractivity contribution in [3.05, 3.63) is 57.0 Å². The minimum absolute atomic E-state index is 0.317. The molecule has 0 spiro atoms. The van der Waals surface area contributed by atoms with E-state index in [0.717, 1.165) is 0 Å². The van der Waals surface area contributed by atoms with Gasteiger partial charge in [0.05, 0.1) is 22.8 Å². The lowest BCUT2D eigenvalue weighted by molar-refractivity contribution is 0.102. The van der Waals surface area contributed by atoms with Gasteiger partial charge >= 0.3 is 0 Å². The van der Waals surface area contributed by atoms with Crippen LogP contribution in [0.25, 0.3) is 0 Å². The number of carbonyl (C=O) groups is 1. The molecule has 1 N–H and O–H groups in total. The van der Waals surface area contributed by atoms with Gasteiger partial charge in [-0.2, -0.15) is 0 Å². The van der Waals surface area contributed by atoms with Crippen molar-refractivity contribution < 1.29 is 9.53 Å². The van der Waals surface area contributed by atoms with Crippen LogP contribution in [0.1, 0.15) is 10.4 Å². The Kier molecular flexibility index (Phi) is 4.76. The van der Waals surface area contributed by atoms with E-state index in [-0.39, 0.29) is 5.91 Å². The topological polar surface area (TPSA) is 38.3 Å². The summed E-state index contributed by atoms with van der Waals surface area (Å²) in [4.78, 5) is 12.1. The molecular formula is C14H10Cl3NO2. The third-order valence-corrected chi connectivity index (χ3v) is 3.57. The minimum atomic E-state index is -0.330. The normalized spacial score (nSPS) is 10.2. The summed E-state index contributed by atoms with van der Waals surface area (Å²) in [7, 11) is 1.51. The van der Waals surface area contributed by atoms with Gasteiger partial charge in [-0.3, -0.25) is 4.79 Å². The van der Waals surface area contributed by atoms with E-state index in [1.54, 1.807) is 30.3 Å². The molecule has 0 aliphatic carbocycles. The van der Waals surface area contributed by atoms with E-state index in [1.807, 2.05) is 0 Å². The molecule has 0 unspecified atom stereocenters. The van der Waals surface area contributed by atoms with E-state index in [4.69, 9.17) is 39.5 Å². The summed E-state index contributed by atoms with van der Waals surface area (Å²) >= 11 is 17.6. The van der Waals surface area contributed by atoms with E-state index in [1.165, 1.54) is 13.2 Å². The van der Waals surface area contributed by atoms with Gasteiger partial charge < -0.3 is 10.1 Å². The lowest BCUT2D eigenvalue weighted by atomic mass is 10.2. The number of rotatable bonds is 3. The molecule has 0 aromatic heterocycles. The van der Waals surface area contributed by atoms with Gasteiger partial charge in [0.1, 0.15) is 5.75 Å². The van der Waals surface area contributed by atoms with E-state index < -0.39 is 0 Å². The molecule has 104 valence electrons. The molecule has 0 saturated heterocycles. The lowest BCUT2D eigenvalue weighted by Crippen LogP contribution is -2.12. The van der Waals surface area contributed by atoms with Crippen LogP contribution in [0, 0.1) is 0 Å². The van der Waals surface area contributed by atoms with Crippen LogP contribution in [0.15, 0.2) is 36.4 Å². The minimum Gasteiger partial charge on any atom is -0.495 e. The number of hydrogen-bond donors (Lipinski definition) is 1. The molecule has 1 amide bonds. The first-order chi connectivity index (χ1) is 9.51. The first kappa shape index (κ1) is 15.0. The first-order valence-electron chi connectivity index (χ1n) is 5.61. The number of benzene rings is 2. The Morgan fingerprint density at radius 3 is 2.45 bits per heavy atom. The summed E-state index contributed by atoms with van der Waals surface area (Å²) in [5.41, 5.74) is 0.873. The standard InChI is InChI=1S/C14H10Cl3NO2/c1-20-13-5-3-9(15)7-12(13)18-14(19)8-2-4-10(16)11(17)6-8/h2-7H,1H3,(H,18,19). The molecule has 2 rings (SSSR count). The molecule has 20 heavy (non-hydrogen) atoms. The Balaban J connectivity index is 2.27. The number of ether oxygens (including phenoxy) is 1. The number of amides is 1. The fraction of sp³-hybridized carbons (Fsp3) is 0.0714. The molecule has 0 heterocycles. The number of halogens is 3. The van der Waals surface area contributed by atoms with Gasteiger partial charge in [-0.05, 0) is 36.4 Å². The van der Waals surface area contributed by atoms with Crippen LogP contribution in [0.4, 0.5) is 5.69 Å². The summed E-state index contributed by atoms with van der Waals surface area (Å²) in [6, 6.07) is 9.60. The SMILES string of the molecule is COc1ccc(Cl)cc1NC(=O)c1ccc(Cl)c(Cl)c1. The maximum Gasteiger partial charge on any atom is 0.255 e. The third-order valence-electron chi connectivity index (χ3n) is 2.59. The van der Waals surface area contributed by atoms with Crippen LogP contribution in [0.5, 0.6) is 5.75 Å². The highest BCUT2D eigenvalue weighted by Gasteiger charge is 2.11. The Morgan fingerprint density at radius 2 is 1.80 bits per heavy atom. The van der Waals surface area contributed by atoms with E-state index in [0.29, 0.717) is 32.1 Å². The van der Waals surface area contributed by atoms with Crippen LogP contribution in [0.2, 0.25) is 15.1 Å². The molecule has 0 bridgehead atoms. The maximum atomic E-state index is 12.1. The van der Waals surface area contributed by atoms with Crippen LogP contribution in [0.3, 0.4) is 0 Å². The number of anilines is 1. The highest BCUT2D eigenvalue weighted by atomic mass is 35.5. The molecule has 2 aromatic carbocycles. The van der Waals surface area contributed by atoms with Crippen LogP contribution in [-0.4, -0.2) is 13.0 Å². The zero-order valence-corrected chi connectivity index (χ0v) is 12.7. The molecule has 0 radical (unpaired) electrons. The van der Waals surface area contributed by atoms with Crippen LogP contribution < -0.4 is 10.1 Å². The molecule has 0 saturated carbocycles. The number of nitrogens with one attached hydrogen (secondary N) is 1. The van der Waals surface area contributed by atoms with E-state index >= 15 is 0 Å². The third kappa shape index (κ3) is 3.37. The van der Waals surface area contributed by atoms with Gasteiger partial charge in [0.2, 0.25) is 0 Å². The zero-order chi connectivity index (χ0) is 14.7. The van der Waals surface area contributed by atoms with E-state index in [2.05, 4.69) is 5.32 Å². The zero-order valence-electron chi connectivity index (χ0n) is 10.4. The molecule has 0 fully saturated rings. The van der Waals surface area contributed by atoms with Crippen molar-refractivity contribution >= 4 is 46.4 Å². The fourth-order valence-corrected chi connectivity index (χ4v) is 2.08. The maximum absolute atomic E-state index is 12.1. The summed E-state index contributed by atoms with van der Waals surface area (Å²) in [6.45, 7) is 0. The van der Waals surface area contributed by atoms with Gasteiger partial charge in [-0.25, -0.2) is 0 Å². The highest BCUT2D eigenvalue weighted by Crippen LogP contribution is 2.29. The van der Waals surface area contributed by atoms with Crippen molar-refractivity contribution in [1.82, 2.24) is 0 Å². The smallest absolute Gasteiger partial charge is 0.255 e. The number of carbonyl (C=O) groups excluding carboxylic acids is 1. The average Bonchev–Trinajstić information content (AvgIpc) is 2.42. The van der Waals surface area contributed by atoms with Gasteiger partial charge in [-0.15, -0.1) is 0 Å². The Bertz CT molecular complexity index is 659. The molecular weight excluding hydrogens is 321 g/mol. The second-order valence-corrected chi connectivity index (χ2v) is 5.18. The predicted molar refractivity (Wildman–Crippen MR) is 82.4 cm³/mol. The van der Waals surface area contributed by atoms with Crippen molar-refractivity contribution in [2.45, 2.75) is 0 Å². The highest BCUT2D eigenvalue weighted by molar-refractivity contribution is 6.42. The van der Waals surface area contributed by atoms with Crippen molar-refractivity contribution in [1.29, 1.82) is 0 Å². The molecule has 6 heteroatoms. The van der Waals surface area contributed by atoms with Crippen LogP contribution >= 0.6 is 34.8 Å². The fourth-order valence-electron chi connectivity index (χ4n) is 1.61. The first-order valence-corrected chi connectivity index (χ1v) is 6.74. The van der Waals surface area contributed by atoms with E-state index in [9.17, 15) is 4.79 Å². The Morgan fingerprint density at radius 1 is 1.05 bits per heavy atom. The monoisotopic (exact) mass is 329 g/mol. The molecule has 3 nitrogen and oxygen atoms in total. The largest absolute Gasteiger partial charge is 0.495 e. The predicted octanol–water partition coefficient (Wildman–Crippen LogP) is 4.91. The average molecular weight is 331 g/mol. The summed E-state index contributed by atoms with van der Waals surface area (Å²) in [5, 5.41) is 3.92. The summed E-state index contributed by atoms with van der Waals surface area (Å²) in [5.74, 6) is 0.187. The Labute approximate surface area is 131 Å². The van der Waals surface area contributed by atoms with Gasteiger partial charge in [-0.1, -0.05) is 34.8 Å². The summed E-state index contributed by atoms with van der Waals surface area (Å²) in [6.07, 6.45) is 0. The lowest BCUT2D eigenvalue weighted by Gasteiger charge is -2.11. The van der Waals surface area contributed by atoms with Crippen molar-refractivity contribution in [3.8, 4) is 5.75 Å². The molecule has 0 aliphatic rings. The summed E-state index contributed by atoms with van der Waals surface area (Å²) < 4.78 is 5.16. The number of methoxy groups -OCH3 is 1. The quantitative estimate of drug-likeness (QED) is 0.868. The second-order valence-electron chi connectivity index (χ2n) is 3.93. The van der Waals surface area contributed by atoms with Crippen molar-refractivity contribution in [3.63, 3.8) is 0 Å².